The van der Waals surface area contributed by atoms with Gasteiger partial charge in [-0.3, -0.25) is 9.59 Å². The summed E-state index contributed by atoms with van der Waals surface area (Å²) in [6.45, 7) is 2.56. The van der Waals surface area contributed by atoms with Crippen LogP contribution in [0.1, 0.15) is 30.9 Å². The number of rotatable bonds is 6. The van der Waals surface area contributed by atoms with Gasteiger partial charge in [0, 0.05) is 36.4 Å². The lowest BCUT2D eigenvalue weighted by atomic mass is 10.0. The summed E-state index contributed by atoms with van der Waals surface area (Å²) >= 11 is 0. The van der Waals surface area contributed by atoms with Gasteiger partial charge in [-0.15, -0.1) is 0 Å². The fraction of sp³-hybridized carbons (Fsp3) is 0.286. The highest BCUT2D eigenvalue weighted by Gasteiger charge is 2.22. The number of fused-ring (bicyclic) bond motifs is 1. The molecule has 146 valence electrons. The Morgan fingerprint density at radius 1 is 1.07 bits per heavy atom. The maximum Gasteiger partial charge on any atom is 0.323 e. The molecule has 3 rings (SSSR count). The Balaban J connectivity index is 1.65. The number of anilines is 3. The summed E-state index contributed by atoms with van der Waals surface area (Å²) in [5.41, 5.74) is 4.04. The van der Waals surface area contributed by atoms with Crippen molar-refractivity contribution in [3.8, 4) is 0 Å². The fourth-order valence-electron chi connectivity index (χ4n) is 3.33. The number of hydrogen-bond acceptors (Lipinski definition) is 3. The van der Waals surface area contributed by atoms with E-state index in [4.69, 9.17) is 5.11 Å². The van der Waals surface area contributed by atoms with E-state index in [9.17, 15) is 14.4 Å². The molecule has 0 saturated carbocycles. The Morgan fingerprint density at radius 2 is 1.82 bits per heavy atom. The summed E-state index contributed by atoms with van der Waals surface area (Å²) in [6.07, 6.45) is 1.58. The van der Waals surface area contributed by atoms with E-state index >= 15 is 0 Å². The van der Waals surface area contributed by atoms with Gasteiger partial charge in [0.25, 0.3) is 0 Å². The van der Waals surface area contributed by atoms with Crippen LogP contribution in [0.25, 0.3) is 0 Å². The number of carboxylic acids is 1. The van der Waals surface area contributed by atoms with Crippen molar-refractivity contribution in [3.05, 3.63) is 53.6 Å². The lowest BCUT2D eigenvalue weighted by Gasteiger charge is -2.28. The van der Waals surface area contributed by atoms with Gasteiger partial charge in [0.2, 0.25) is 5.91 Å². The Kier molecular flexibility index (Phi) is 5.93. The van der Waals surface area contributed by atoms with Gasteiger partial charge in [-0.25, -0.2) is 4.79 Å². The first-order valence-electron chi connectivity index (χ1n) is 9.28. The second-order valence-electron chi connectivity index (χ2n) is 6.65. The van der Waals surface area contributed by atoms with Crippen LogP contribution in [-0.4, -0.2) is 29.6 Å². The second kappa shape index (κ2) is 8.56. The van der Waals surface area contributed by atoms with E-state index in [0.717, 1.165) is 16.8 Å². The number of carboxylic acid groups (broad SMARTS) is 1. The molecule has 3 amide bonds. The van der Waals surface area contributed by atoms with Crippen LogP contribution in [0.2, 0.25) is 0 Å². The summed E-state index contributed by atoms with van der Waals surface area (Å²) < 4.78 is 0. The summed E-state index contributed by atoms with van der Waals surface area (Å²) in [5, 5.41) is 14.4. The third kappa shape index (κ3) is 4.68. The van der Waals surface area contributed by atoms with E-state index < -0.39 is 5.97 Å². The van der Waals surface area contributed by atoms with Gasteiger partial charge in [0.15, 0.2) is 0 Å². The van der Waals surface area contributed by atoms with Crippen LogP contribution in [0, 0.1) is 0 Å². The van der Waals surface area contributed by atoms with Gasteiger partial charge < -0.3 is 20.6 Å². The summed E-state index contributed by atoms with van der Waals surface area (Å²) in [4.78, 5) is 36.8. The first kappa shape index (κ1) is 19.4. The molecule has 0 bridgehead atoms. The van der Waals surface area contributed by atoms with Gasteiger partial charge in [0.05, 0.1) is 0 Å². The van der Waals surface area contributed by atoms with Crippen LogP contribution in [-0.2, 0) is 22.4 Å². The normalized spacial score (nSPS) is 13.0. The van der Waals surface area contributed by atoms with Crippen LogP contribution < -0.4 is 15.5 Å². The van der Waals surface area contributed by atoms with Crippen molar-refractivity contribution in [1.82, 2.24) is 0 Å². The van der Waals surface area contributed by atoms with Crippen molar-refractivity contribution < 1.29 is 19.5 Å². The number of benzene rings is 2. The molecule has 2 aromatic carbocycles. The molecule has 0 radical (unpaired) electrons. The summed E-state index contributed by atoms with van der Waals surface area (Å²) in [5.74, 6) is -0.733. The number of nitrogens with one attached hydrogen (secondary N) is 2. The second-order valence-corrected chi connectivity index (χ2v) is 6.65. The monoisotopic (exact) mass is 381 g/mol. The maximum absolute atomic E-state index is 12.3. The molecule has 0 saturated heterocycles. The Morgan fingerprint density at radius 3 is 2.54 bits per heavy atom. The van der Waals surface area contributed by atoms with Gasteiger partial charge >= 0.3 is 12.0 Å². The molecule has 7 nitrogen and oxygen atoms in total. The van der Waals surface area contributed by atoms with Crippen LogP contribution in [0.4, 0.5) is 21.9 Å². The molecule has 1 aliphatic rings. The SMILES string of the molecule is CCN1C(=O)CCc2cc(NC(=O)Nc3cccc(CCC(=O)O)c3)ccc21. The van der Waals surface area contributed by atoms with Crippen LogP contribution >= 0.6 is 0 Å². The van der Waals surface area contributed by atoms with Crippen molar-refractivity contribution >= 4 is 35.0 Å². The number of amides is 3. The van der Waals surface area contributed by atoms with E-state index in [1.807, 2.05) is 25.1 Å². The minimum Gasteiger partial charge on any atom is -0.481 e. The lowest BCUT2D eigenvalue weighted by molar-refractivity contribution is -0.137. The largest absolute Gasteiger partial charge is 0.481 e. The van der Waals surface area contributed by atoms with Crippen LogP contribution in [0.15, 0.2) is 42.5 Å². The van der Waals surface area contributed by atoms with Crippen LogP contribution in [0.5, 0.6) is 0 Å². The molecule has 1 aliphatic heterocycles. The topological polar surface area (TPSA) is 98.7 Å². The van der Waals surface area contributed by atoms with E-state index in [1.54, 1.807) is 29.2 Å². The number of hydrogen-bond donors (Lipinski definition) is 3. The van der Waals surface area contributed by atoms with Crippen LogP contribution in [0.3, 0.4) is 0 Å². The summed E-state index contributed by atoms with van der Waals surface area (Å²) in [7, 11) is 0. The number of nitrogens with zero attached hydrogens (tertiary/aromatic N) is 1. The van der Waals surface area contributed by atoms with Crippen molar-refractivity contribution in [3.63, 3.8) is 0 Å². The zero-order valence-electron chi connectivity index (χ0n) is 15.7. The molecule has 0 aromatic heterocycles. The van der Waals surface area contributed by atoms with Gasteiger partial charge in [-0.2, -0.15) is 0 Å². The van der Waals surface area contributed by atoms with Crippen molar-refractivity contribution in [2.24, 2.45) is 0 Å². The number of carbonyl (C=O) groups is 3. The lowest BCUT2D eigenvalue weighted by Crippen LogP contribution is -2.34. The molecule has 3 N–H and O–H groups in total. The molecule has 1 heterocycles. The molecule has 0 atom stereocenters. The standard InChI is InChI=1S/C21H23N3O4/c1-2-24-18-9-8-17(13-15(18)7-10-19(24)25)23-21(28)22-16-5-3-4-14(12-16)6-11-20(26)27/h3-5,8-9,12-13H,2,6-7,10-11H2,1H3,(H,26,27)(H2,22,23,28). The third-order valence-electron chi connectivity index (χ3n) is 4.67. The smallest absolute Gasteiger partial charge is 0.323 e. The van der Waals surface area contributed by atoms with Gasteiger partial charge in [-0.1, -0.05) is 12.1 Å². The Hall–Kier alpha value is -3.35. The fourth-order valence-corrected chi connectivity index (χ4v) is 3.33. The minimum atomic E-state index is -0.855. The average molecular weight is 381 g/mol. The highest BCUT2D eigenvalue weighted by molar-refractivity contribution is 6.01. The number of aliphatic carboxylic acids is 1. The predicted octanol–water partition coefficient (Wildman–Crippen LogP) is 3.65. The molecular weight excluding hydrogens is 358 g/mol. The van der Waals surface area contributed by atoms with Gasteiger partial charge in [0.1, 0.15) is 0 Å². The maximum atomic E-state index is 12.3. The highest BCUT2D eigenvalue weighted by atomic mass is 16.4. The van der Waals surface area contributed by atoms with Crippen molar-refractivity contribution in [2.75, 3.05) is 22.1 Å². The zero-order chi connectivity index (χ0) is 20.1. The molecule has 0 fully saturated rings. The molecular formula is C21H23N3O4. The minimum absolute atomic E-state index is 0.0437. The van der Waals surface area contributed by atoms with E-state index in [-0.39, 0.29) is 18.4 Å². The average Bonchev–Trinajstić information content (AvgIpc) is 2.66. The first-order chi connectivity index (χ1) is 13.5. The van der Waals surface area contributed by atoms with Crippen molar-refractivity contribution in [1.29, 1.82) is 0 Å². The van der Waals surface area contributed by atoms with E-state index in [1.165, 1.54) is 0 Å². The molecule has 0 aliphatic carbocycles. The number of carbonyl (C=O) groups excluding carboxylic acids is 2. The number of aryl methyl sites for hydroxylation is 2. The molecule has 7 heteroatoms. The molecule has 2 aromatic rings. The third-order valence-corrected chi connectivity index (χ3v) is 4.67. The molecule has 0 spiro atoms. The molecule has 28 heavy (non-hydrogen) atoms. The Bertz CT molecular complexity index is 910. The quantitative estimate of drug-likeness (QED) is 0.711. The zero-order valence-corrected chi connectivity index (χ0v) is 15.7. The van der Waals surface area contributed by atoms with Gasteiger partial charge in [-0.05, 0) is 61.2 Å². The predicted molar refractivity (Wildman–Crippen MR) is 108 cm³/mol. The Labute approximate surface area is 163 Å². The highest BCUT2D eigenvalue weighted by Crippen LogP contribution is 2.30. The summed E-state index contributed by atoms with van der Waals surface area (Å²) in [6, 6.07) is 12.3. The number of urea groups is 1. The van der Waals surface area contributed by atoms with E-state index in [2.05, 4.69) is 10.6 Å². The molecule has 0 unspecified atom stereocenters. The van der Waals surface area contributed by atoms with Crippen molar-refractivity contribution in [2.45, 2.75) is 32.6 Å². The first-order valence-corrected chi connectivity index (χ1v) is 9.28. The van der Waals surface area contributed by atoms with E-state index in [0.29, 0.717) is 37.2 Å².